The summed E-state index contributed by atoms with van der Waals surface area (Å²) in [6.07, 6.45) is 3.11. The molecule has 0 amide bonds. The van der Waals surface area contributed by atoms with E-state index in [1.807, 2.05) is 37.3 Å². The zero-order chi connectivity index (χ0) is 18.4. The van der Waals surface area contributed by atoms with Crippen molar-refractivity contribution in [3.8, 4) is 17.4 Å². The first-order chi connectivity index (χ1) is 12.7. The highest BCUT2D eigenvalue weighted by Crippen LogP contribution is 2.23. The maximum absolute atomic E-state index is 11.4. The average Bonchev–Trinajstić information content (AvgIpc) is 2.65. The first kappa shape index (κ1) is 17.8. The van der Waals surface area contributed by atoms with Crippen LogP contribution in [0.4, 0.5) is 5.69 Å². The summed E-state index contributed by atoms with van der Waals surface area (Å²) in [6, 6.07) is 11.0. The number of hydrogen-bond donors (Lipinski definition) is 2. The summed E-state index contributed by atoms with van der Waals surface area (Å²) in [4.78, 5) is 15.6. The molecule has 3 rings (SSSR count). The van der Waals surface area contributed by atoms with E-state index < -0.39 is 5.56 Å². The lowest BCUT2D eigenvalue weighted by molar-refractivity contribution is 0.339. The number of pyridine rings is 1. The molecule has 2 heterocycles. The van der Waals surface area contributed by atoms with Crippen LogP contribution in [0.15, 0.2) is 53.6 Å². The highest BCUT2D eigenvalue weighted by Gasteiger charge is 2.06. The molecule has 0 atom stereocenters. The van der Waals surface area contributed by atoms with Gasteiger partial charge in [-0.2, -0.15) is 5.10 Å². The van der Waals surface area contributed by atoms with Gasteiger partial charge in [-0.05, 0) is 42.8 Å². The van der Waals surface area contributed by atoms with Crippen molar-refractivity contribution >= 4 is 17.3 Å². The summed E-state index contributed by atoms with van der Waals surface area (Å²) in [6.45, 7) is 2.99. The third-order valence-electron chi connectivity index (χ3n) is 3.43. The van der Waals surface area contributed by atoms with Crippen molar-refractivity contribution in [3.63, 3.8) is 0 Å². The minimum absolute atomic E-state index is 0.0694. The van der Waals surface area contributed by atoms with E-state index >= 15 is 0 Å². The number of ether oxygens (including phenoxy) is 2. The Labute approximate surface area is 155 Å². The van der Waals surface area contributed by atoms with Crippen LogP contribution in [0.2, 0.25) is 5.02 Å². The topological polar surface area (TPSA) is 89.1 Å². The van der Waals surface area contributed by atoms with E-state index in [1.54, 1.807) is 12.3 Å². The summed E-state index contributed by atoms with van der Waals surface area (Å²) in [7, 11) is 0. The normalized spacial score (nSPS) is 10.4. The van der Waals surface area contributed by atoms with Gasteiger partial charge in [0.15, 0.2) is 0 Å². The summed E-state index contributed by atoms with van der Waals surface area (Å²) in [5, 5.41) is 9.13. The largest absolute Gasteiger partial charge is 0.494 e. The summed E-state index contributed by atoms with van der Waals surface area (Å²) in [5.41, 5.74) is 0.935. The Morgan fingerprint density at radius 2 is 1.96 bits per heavy atom. The number of benzene rings is 1. The smallest absolute Gasteiger partial charge is 0.285 e. The molecule has 1 aromatic carbocycles. The van der Waals surface area contributed by atoms with Crippen LogP contribution in [0.25, 0.3) is 0 Å². The third-order valence-corrected chi connectivity index (χ3v) is 3.81. The maximum atomic E-state index is 11.4. The van der Waals surface area contributed by atoms with Crippen LogP contribution in [-0.4, -0.2) is 21.8 Å². The van der Waals surface area contributed by atoms with Gasteiger partial charge in [-0.15, -0.1) is 0 Å². The van der Waals surface area contributed by atoms with Crippen LogP contribution in [0.1, 0.15) is 12.5 Å². The van der Waals surface area contributed by atoms with Gasteiger partial charge >= 0.3 is 0 Å². The van der Waals surface area contributed by atoms with Crippen LogP contribution in [0, 0.1) is 0 Å². The highest BCUT2D eigenvalue weighted by molar-refractivity contribution is 6.32. The van der Waals surface area contributed by atoms with Crippen molar-refractivity contribution in [2.24, 2.45) is 0 Å². The molecular weight excluding hydrogens is 356 g/mol. The van der Waals surface area contributed by atoms with E-state index in [-0.39, 0.29) is 5.02 Å². The number of H-pyrrole nitrogens is 1. The first-order valence-electron chi connectivity index (χ1n) is 7.98. The second kappa shape index (κ2) is 8.35. The standard InChI is InChI=1S/C18H17ClN4O3/c1-2-25-13-3-5-14(6-4-13)26-16-9-12(7-8-20-16)10-21-15-11-22-23-18(24)17(15)19/h3-9,11H,2,10H2,1H3,(H2,21,23,24). The Balaban J connectivity index is 1.66. The quantitative estimate of drug-likeness (QED) is 0.658. The number of anilines is 1. The van der Waals surface area contributed by atoms with E-state index in [1.165, 1.54) is 6.20 Å². The number of aromatic nitrogens is 3. The number of rotatable bonds is 7. The highest BCUT2D eigenvalue weighted by atomic mass is 35.5. The minimum Gasteiger partial charge on any atom is -0.494 e. The SMILES string of the molecule is CCOc1ccc(Oc2cc(CNc3cn[nH]c(=O)c3Cl)ccn2)cc1. The van der Waals surface area contributed by atoms with Crippen LogP contribution >= 0.6 is 11.6 Å². The lowest BCUT2D eigenvalue weighted by atomic mass is 10.2. The van der Waals surface area contributed by atoms with Gasteiger partial charge < -0.3 is 14.8 Å². The predicted molar refractivity (Wildman–Crippen MR) is 99.1 cm³/mol. The van der Waals surface area contributed by atoms with Gasteiger partial charge in [-0.25, -0.2) is 10.1 Å². The van der Waals surface area contributed by atoms with Crippen LogP contribution in [0.3, 0.4) is 0 Å². The average molecular weight is 373 g/mol. The first-order valence-corrected chi connectivity index (χ1v) is 8.36. The fourth-order valence-electron chi connectivity index (χ4n) is 2.21. The molecule has 0 fully saturated rings. The molecule has 0 saturated heterocycles. The second-order valence-electron chi connectivity index (χ2n) is 5.29. The zero-order valence-electron chi connectivity index (χ0n) is 14.0. The molecule has 7 nitrogen and oxygen atoms in total. The van der Waals surface area contributed by atoms with E-state index in [0.717, 1.165) is 11.3 Å². The van der Waals surface area contributed by atoms with Gasteiger partial charge in [-0.1, -0.05) is 11.6 Å². The van der Waals surface area contributed by atoms with Crippen molar-refractivity contribution in [1.82, 2.24) is 15.2 Å². The molecule has 0 bridgehead atoms. The molecule has 0 saturated carbocycles. The fraction of sp³-hybridized carbons (Fsp3) is 0.167. The molecule has 0 unspecified atom stereocenters. The summed E-state index contributed by atoms with van der Waals surface area (Å²) < 4.78 is 11.2. The van der Waals surface area contributed by atoms with Gasteiger partial charge in [0.2, 0.25) is 5.88 Å². The van der Waals surface area contributed by atoms with Crippen molar-refractivity contribution in [2.45, 2.75) is 13.5 Å². The fourth-order valence-corrected chi connectivity index (χ4v) is 2.37. The Bertz CT molecular complexity index is 928. The van der Waals surface area contributed by atoms with E-state index in [2.05, 4.69) is 20.5 Å². The molecular formula is C18H17ClN4O3. The van der Waals surface area contributed by atoms with Crippen LogP contribution in [-0.2, 0) is 6.54 Å². The molecule has 0 aliphatic carbocycles. The lowest BCUT2D eigenvalue weighted by Gasteiger charge is -2.09. The number of aromatic amines is 1. The lowest BCUT2D eigenvalue weighted by Crippen LogP contribution is -2.11. The molecule has 0 aliphatic heterocycles. The van der Waals surface area contributed by atoms with Gasteiger partial charge in [-0.3, -0.25) is 4.79 Å². The van der Waals surface area contributed by atoms with Gasteiger partial charge in [0.05, 0.1) is 18.5 Å². The van der Waals surface area contributed by atoms with Crippen LogP contribution < -0.4 is 20.3 Å². The molecule has 2 aromatic heterocycles. The van der Waals surface area contributed by atoms with Crippen molar-refractivity contribution in [2.75, 3.05) is 11.9 Å². The van der Waals surface area contributed by atoms with Crippen molar-refractivity contribution in [1.29, 1.82) is 0 Å². The third kappa shape index (κ3) is 4.52. The number of hydrogen-bond acceptors (Lipinski definition) is 6. The molecule has 0 spiro atoms. The zero-order valence-corrected chi connectivity index (χ0v) is 14.8. The Morgan fingerprint density at radius 3 is 2.73 bits per heavy atom. The number of nitrogens with zero attached hydrogens (tertiary/aromatic N) is 2. The molecule has 26 heavy (non-hydrogen) atoms. The van der Waals surface area contributed by atoms with Crippen LogP contribution in [0.5, 0.6) is 17.4 Å². The monoisotopic (exact) mass is 372 g/mol. The molecule has 8 heteroatoms. The number of nitrogens with one attached hydrogen (secondary N) is 2. The summed E-state index contributed by atoms with van der Waals surface area (Å²) >= 11 is 5.94. The second-order valence-corrected chi connectivity index (χ2v) is 5.67. The van der Waals surface area contributed by atoms with Gasteiger partial charge in [0.1, 0.15) is 16.5 Å². The Hall–Kier alpha value is -3.06. The van der Waals surface area contributed by atoms with Crippen molar-refractivity contribution < 1.29 is 9.47 Å². The van der Waals surface area contributed by atoms with E-state index in [0.29, 0.717) is 30.5 Å². The minimum atomic E-state index is -0.439. The van der Waals surface area contributed by atoms with Crippen molar-refractivity contribution in [3.05, 3.63) is 69.7 Å². The molecule has 0 aliphatic rings. The predicted octanol–water partition coefficient (Wildman–Crippen LogP) is 3.62. The van der Waals surface area contributed by atoms with E-state index in [9.17, 15) is 4.79 Å². The molecule has 2 N–H and O–H groups in total. The molecule has 0 radical (unpaired) electrons. The molecule has 134 valence electrons. The van der Waals surface area contributed by atoms with Gasteiger partial charge in [0.25, 0.3) is 5.56 Å². The Morgan fingerprint density at radius 1 is 1.19 bits per heavy atom. The van der Waals surface area contributed by atoms with Gasteiger partial charge in [0, 0.05) is 18.8 Å². The Kier molecular flexibility index (Phi) is 5.70. The number of halogens is 1. The maximum Gasteiger partial charge on any atom is 0.285 e. The summed E-state index contributed by atoms with van der Waals surface area (Å²) in [5.74, 6) is 1.91. The van der Waals surface area contributed by atoms with E-state index in [4.69, 9.17) is 21.1 Å². The molecule has 3 aromatic rings.